The topological polar surface area (TPSA) is 460 Å². The third-order valence-electron chi connectivity index (χ3n) is 12.6. The van der Waals surface area contributed by atoms with Crippen LogP contribution in [0.15, 0.2) is 0 Å². The van der Waals surface area contributed by atoms with Gasteiger partial charge in [0.1, 0.15) is 122 Å². The first-order chi connectivity index (χ1) is 33.7. The van der Waals surface area contributed by atoms with Crippen LogP contribution < -0.4 is 10.6 Å². The molecule has 0 aromatic heterocycles. The van der Waals surface area contributed by atoms with E-state index in [2.05, 4.69) is 15.4 Å². The lowest BCUT2D eigenvalue weighted by atomic mass is 9.94. The number of carbonyl (C=O) groups is 3. The highest BCUT2D eigenvalue weighted by molar-refractivity contribution is 5.73. The van der Waals surface area contributed by atoms with Crippen LogP contribution in [0.2, 0.25) is 0 Å². The fourth-order valence-corrected chi connectivity index (χ4v) is 8.69. The van der Waals surface area contributed by atoms with Gasteiger partial charge in [-0.2, -0.15) is 0 Å². The molecule has 0 aliphatic carbocycles. The van der Waals surface area contributed by atoms with Crippen LogP contribution in [0.4, 0.5) is 0 Å². The van der Waals surface area contributed by atoms with Gasteiger partial charge in [0.2, 0.25) is 11.8 Å². The van der Waals surface area contributed by atoms with Gasteiger partial charge in [0.15, 0.2) is 31.5 Å². The van der Waals surface area contributed by atoms with E-state index in [4.69, 9.17) is 47.4 Å². The monoisotopic (exact) mass is 1040 g/mol. The highest BCUT2D eigenvalue weighted by Gasteiger charge is 2.56. The van der Waals surface area contributed by atoms with Crippen molar-refractivity contribution in [2.75, 3.05) is 46.8 Å². The molecule has 5 fully saturated rings. The lowest BCUT2D eigenvalue weighted by Gasteiger charge is -2.49. The van der Waals surface area contributed by atoms with Crippen molar-refractivity contribution in [3.63, 3.8) is 0 Å². The van der Waals surface area contributed by atoms with Crippen LogP contribution in [-0.2, 0) is 66.5 Å². The summed E-state index contributed by atoms with van der Waals surface area (Å²) in [6.07, 6.45) is -39.0. The van der Waals surface area contributed by atoms with Crippen molar-refractivity contribution in [3.05, 3.63) is 0 Å². The number of aliphatic hydroxyl groups is 14. The van der Waals surface area contributed by atoms with Crippen molar-refractivity contribution < 1.29 is 138 Å². The number of carbonyl (C=O) groups excluding carboxylic acids is 3. The number of amides is 2. The zero-order chi connectivity index (χ0) is 52.4. The Morgan fingerprint density at radius 2 is 0.859 bits per heavy atom. The molecule has 2 amide bonds. The number of aliphatic hydroxyl groups excluding tert-OH is 14. The normalized spacial score (nSPS) is 44.2. The van der Waals surface area contributed by atoms with E-state index in [-0.39, 0.29) is 13.0 Å². The second kappa shape index (κ2) is 27.3. The Morgan fingerprint density at radius 1 is 0.437 bits per heavy atom. The molecule has 30 heteroatoms. The smallest absolute Gasteiger partial charge is 0.305 e. The Balaban J connectivity index is 1.34. The van der Waals surface area contributed by atoms with Gasteiger partial charge >= 0.3 is 5.97 Å². The first kappa shape index (κ1) is 59.3. The Morgan fingerprint density at radius 3 is 1.32 bits per heavy atom. The summed E-state index contributed by atoms with van der Waals surface area (Å²) in [5.41, 5.74) is 0. The number of rotatable bonds is 22. The summed E-state index contributed by atoms with van der Waals surface area (Å²) < 4.78 is 62.8. The first-order valence-corrected chi connectivity index (χ1v) is 23.0. The van der Waals surface area contributed by atoms with Crippen LogP contribution in [0.1, 0.15) is 39.5 Å². The van der Waals surface area contributed by atoms with Crippen LogP contribution in [0.3, 0.4) is 0 Å². The molecule has 30 nitrogen and oxygen atoms in total. The molecule has 71 heavy (non-hydrogen) atoms. The molecule has 0 spiro atoms. The highest BCUT2D eigenvalue weighted by Crippen LogP contribution is 2.35. The second-order valence-corrected chi connectivity index (χ2v) is 17.7. The molecule has 5 heterocycles. The quantitative estimate of drug-likeness (QED) is 0.0354. The molecule has 0 saturated carbocycles. The predicted molar refractivity (Wildman–Crippen MR) is 224 cm³/mol. The average Bonchev–Trinajstić information content (AvgIpc) is 3.34. The van der Waals surface area contributed by atoms with Gasteiger partial charge in [-0.25, -0.2) is 0 Å². The van der Waals surface area contributed by atoms with E-state index in [0.29, 0.717) is 19.3 Å². The fourth-order valence-electron chi connectivity index (χ4n) is 8.69. The molecule has 412 valence electrons. The lowest BCUT2D eigenvalue weighted by molar-refractivity contribution is -0.375. The summed E-state index contributed by atoms with van der Waals surface area (Å²) in [5.74, 6) is -1.94. The van der Waals surface area contributed by atoms with Crippen LogP contribution in [0, 0.1) is 0 Å². The molecule has 5 rings (SSSR count). The van der Waals surface area contributed by atoms with E-state index in [1.54, 1.807) is 0 Å². The van der Waals surface area contributed by atoms with Crippen molar-refractivity contribution in [1.29, 1.82) is 0 Å². The molecule has 0 aromatic carbocycles. The van der Waals surface area contributed by atoms with Crippen molar-refractivity contribution in [2.24, 2.45) is 0 Å². The SMILES string of the molecule is COC(=O)CCCCCO[C@@H]1O[C@H](CO[C@@H]2O[C@H](CO)[C@@H](O[C@@H]3O[C@H](CO)[C@H](O)[C@H](O)[C@H]3O)[C@H](O)[C@H]2NC(C)=O)[C@H](O)[C@H](O)[C@H]1O[C@@H]1O[C@H](CO)[C@@H](O[C@@H]2O[C@H](CO)[C@H](O)[C@H](O)[C@H]2O)[C@H](O)[C@H]1NC(C)=O. The van der Waals surface area contributed by atoms with Crippen LogP contribution in [-0.4, -0.2) is 289 Å². The summed E-state index contributed by atoms with van der Waals surface area (Å²) in [4.78, 5) is 36.5. The van der Waals surface area contributed by atoms with Gasteiger partial charge < -0.3 is 134 Å². The number of ether oxygens (including phenoxy) is 11. The minimum absolute atomic E-state index is 0.0979. The highest BCUT2D eigenvalue weighted by atomic mass is 16.8. The van der Waals surface area contributed by atoms with Crippen molar-refractivity contribution in [2.45, 2.75) is 193 Å². The molecule has 0 unspecified atom stereocenters. The van der Waals surface area contributed by atoms with E-state index in [1.165, 1.54) is 7.11 Å². The number of unbranched alkanes of at least 4 members (excludes halogenated alkanes) is 2. The maximum atomic E-state index is 12.5. The van der Waals surface area contributed by atoms with Gasteiger partial charge in [0.05, 0.1) is 40.1 Å². The molecule has 0 radical (unpaired) electrons. The maximum absolute atomic E-state index is 12.5. The van der Waals surface area contributed by atoms with Gasteiger partial charge in [-0.05, 0) is 12.8 Å². The van der Waals surface area contributed by atoms with Crippen molar-refractivity contribution in [3.8, 4) is 0 Å². The summed E-state index contributed by atoms with van der Waals surface area (Å²) >= 11 is 0. The summed E-state index contributed by atoms with van der Waals surface area (Å²) in [5, 5.41) is 154. The fraction of sp³-hybridized carbons (Fsp3) is 0.927. The van der Waals surface area contributed by atoms with E-state index in [1.807, 2.05) is 0 Å². The Labute approximate surface area is 405 Å². The zero-order valence-electron chi connectivity index (χ0n) is 39.0. The molecule has 5 aliphatic rings. The molecular formula is C41H70N2O28. The lowest BCUT2D eigenvalue weighted by Crippen LogP contribution is -2.69. The maximum Gasteiger partial charge on any atom is 0.305 e. The van der Waals surface area contributed by atoms with Crippen LogP contribution in [0.25, 0.3) is 0 Å². The molecule has 5 saturated heterocycles. The molecule has 25 atom stereocenters. The van der Waals surface area contributed by atoms with Crippen LogP contribution in [0.5, 0.6) is 0 Å². The molecule has 5 aliphatic heterocycles. The number of hydrogen-bond acceptors (Lipinski definition) is 28. The van der Waals surface area contributed by atoms with Gasteiger partial charge in [0.25, 0.3) is 0 Å². The number of nitrogens with one attached hydrogen (secondary N) is 2. The van der Waals surface area contributed by atoms with E-state index < -0.39 is 204 Å². The van der Waals surface area contributed by atoms with Crippen LogP contribution >= 0.6 is 0 Å². The zero-order valence-corrected chi connectivity index (χ0v) is 39.0. The van der Waals surface area contributed by atoms with E-state index in [9.17, 15) is 85.9 Å². The average molecular weight is 1040 g/mol. The standard InChI is InChI=1S/C41H70N2O28/c1-14(48)42-22-27(54)34(69-39-32(59)29(56)24(51)16(9-44)64-39)18(11-46)66-37(22)63-13-20-26(53)31(58)36(41(68-20)62-8-6-4-5-7-21(50)61-3)71-38-23(43-15(2)49)28(55)35(19(12-47)67-38)70-40-33(60)30(57)25(52)17(10-45)65-40/h16-20,22-41,44-47,51-60H,4-13H2,1-3H3,(H,42,48)(H,43,49)/t16-,17-,18-,19-,20-,22-,23-,24+,25+,26+,27-,28-,29+,30+,31+,32-,33-,34-,35-,36-,37-,38+,39+,40+,41-/m1/s1. The summed E-state index contributed by atoms with van der Waals surface area (Å²) in [7, 11) is 1.24. The predicted octanol–water partition coefficient (Wildman–Crippen LogP) is -9.88. The summed E-state index contributed by atoms with van der Waals surface area (Å²) in [6.45, 7) is -2.16. The third kappa shape index (κ3) is 14.4. The number of hydrogen-bond donors (Lipinski definition) is 16. The number of methoxy groups -OCH3 is 1. The Kier molecular flexibility index (Phi) is 22.8. The largest absolute Gasteiger partial charge is 0.469 e. The second-order valence-electron chi connectivity index (χ2n) is 17.7. The van der Waals surface area contributed by atoms with E-state index in [0.717, 1.165) is 13.8 Å². The minimum Gasteiger partial charge on any atom is -0.469 e. The van der Waals surface area contributed by atoms with Gasteiger partial charge in [-0.15, -0.1) is 0 Å². The summed E-state index contributed by atoms with van der Waals surface area (Å²) in [6, 6.07) is -3.18. The number of esters is 1. The molecule has 0 aromatic rings. The molecule has 16 N–H and O–H groups in total. The van der Waals surface area contributed by atoms with Crippen molar-refractivity contribution >= 4 is 17.8 Å². The van der Waals surface area contributed by atoms with Crippen molar-refractivity contribution in [1.82, 2.24) is 10.6 Å². The third-order valence-corrected chi connectivity index (χ3v) is 12.6. The van der Waals surface area contributed by atoms with Gasteiger partial charge in [-0.3, -0.25) is 14.4 Å². The van der Waals surface area contributed by atoms with Gasteiger partial charge in [-0.1, -0.05) is 6.42 Å². The molecule has 0 bridgehead atoms. The Bertz CT molecular complexity index is 1650. The van der Waals surface area contributed by atoms with E-state index >= 15 is 0 Å². The first-order valence-electron chi connectivity index (χ1n) is 23.0. The molecular weight excluding hydrogens is 968 g/mol. The van der Waals surface area contributed by atoms with Gasteiger partial charge in [0, 0.05) is 26.9 Å². The Hall–Kier alpha value is -2.55. The minimum atomic E-state index is -2.00.